The molecule has 1 saturated carbocycles. The zero-order chi connectivity index (χ0) is 15.1. The van der Waals surface area contributed by atoms with Crippen LogP contribution in [0, 0.1) is 5.92 Å². The molecule has 0 bridgehead atoms. The van der Waals surface area contributed by atoms with Crippen molar-refractivity contribution in [3.63, 3.8) is 0 Å². The summed E-state index contributed by atoms with van der Waals surface area (Å²) in [7, 11) is 0. The van der Waals surface area contributed by atoms with Crippen LogP contribution in [0.1, 0.15) is 59.8 Å². The highest BCUT2D eigenvalue weighted by Gasteiger charge is 2.51. The Morgan fingerprint density at radius 3 is 2.25 bits per heavy atom. The third-order valence-corrected chi connectivity index (χ3v) is 4.53. The second kappa shape index (κ2) is 5.32. The number of hydrogen-bond donors (Lipinski definition) is 1. The van der Waals surface area contributed by atoms with Crippen LogP contribution in [-0.4, -0.2) is 33.5 Å². The molecule has 4 nitrogen and oxygen atoms in total. The molecule has 0 aromatic carbocycles. The summed E-state index contributed by atoms with van der Waals surface area (Å²) in [5, 5.41) is 10.9. The Hall–Kier alpha value is -1.16. The van der Waals surface area contributed by atoms with Crippen LogP contribution in [0.3, 0.4) is 0 Å². The molecule has 1 heterocycles. The summed E-state index contributed by atoms with van der Waals surface area (Å²) in [5.74, 6) is -0.408. The normalized spacial score (nSPS) is 28.7. The zero-order valence-electron chi connectivity index (χ0n) is 12.9. The van der Waals surface area contributed by atoms with Gasteiger partial charge in [0.1, 0.15) is 0 Å². The fourth-order valence-corrected chi connectivity index (χ4v) is 3.73. The quantitative estimate of drug-likeness (QED) is 0.863. The number of amides is 1. The van der Waals surface area contributed by atoms with Crippen molar-refractivity contribution in [1.82, 2.24) is 4.90 Å². The molecule has 0 aromatic heterocycles. The van der Waals surface area contributed by atoms with Gasteiger partial charge in [0.05, 0.1) is 5.57 Å². The molecule has 2 aliphatic rings. The van der Waals surface area contributed by atoms with Crippen molar-refractivity contribution in [1.29, 1.82) is 0 Å². The van der Waals surface area contributed by atoms with Gasteiger partial charge in [-0.15, -0.1) is 0 Å². The molecule has 20 heavy (non-hydrogen) atoms. The first-order chi connectivity index (χ1) is 9.28. The lowest BCUT2D eigenvalue weighted by Crippen LogP contribution is -2.53. The lowest BCUT2D eigenvalue weighted by Gasteiger charge is -2.40. The van der Waals surface area contributed by atoms with E-state index in [0.717, 1.165) is 25.7 Å². The predicted molar refractivity (Wildman–Crippen MR) is 76.9 cm³/mol. The van der Waals surface area contributed by atoms with Crippen LogP contribution in [0.2, 0.25) is 0 Å². The molecule has 1 unspecified atom stereocenters. The van der Waals surface area contributed by atoms with Gasteiger partial charge in [-0.05, 0) is 32.6 Å². The number of Topliss-reactive ketones (excluding diaryl/α,β-unsaturated/α-hetero) is 1. The van der Waals surface area contributed by atoms with E-state index in [4.69, 9.17) is 0 Å². The summed E-state index contributed by atoms with van der Waals surface area (Å²) < 4.78 is 0. The summed E-state index contributed by atoms with van der Waals surface area (Å²) in [6.45, 7) is 6.82. The van der Waals surface area contributed by atoms with E-state index in [1.54, 1.807) is 11.8 Å². The minimum absolute atomic E-state index is 0.0526. The first kappa shape index (κ1) is 15.2. The maximum atomic E-state index is 12.7. The molecule has 1 N–H and O–H groups in total. The first-order valence-corrected chi connectivity index (χ1v) is 7.60. The standard InChI is InChI=1S/C16H25NO3/c1-10(2)13-14(11(3)18)16(4,20)17(15(13)19)12-8-6-5-7-9-12/h10,12,20H,5-9H2,1-4H3. The van der Waals surface area contributed by atoms with E-state index in [0.29, 0.717) is 11.1 Å². The van der Waals surface area contributed by atoms with E-state index in [1.165, 1.54) is 13.3 Å². The van der Waals surface area contributed by atoms with Crippen LogP contribution in [0.25, 0.3) is 0 Å². The average Bonchev–Trinajstić information content (AvgIpc) is 2.56. The molecule has 1 aliphatic carbocycles. The van der Waals surface area contributed by atoms with Crippen molar-refractivity contribution in [2.75, 3.05) is 0 Å². The van der Waals surface area contributed by atoms with Crippen molar-refractivity contribution < 1.29 is 14.7 Å². The largest absolute Gasteiger partial charge is 0.367 e. The summed E-state index contributed by atoms with van der Waals surface area (Å²) in [4.78, 5) is 26.3. The van der Waals surface area contributed by atoms with Gasteiger partial charge in [0.2, 0.25) is 0 Å². The average molecular weight is 279 g/mol. The van der Waals surface area contributed by atoms with Crippen LogP contribution < -0.4 is 0 Å². The monoisotopic (exact) mass is 279 g/mol. The lowest BCUT2D eigenvalue weighted by molar-refractivity contribution is -0.149. The summed E-state index contributed by atoms with van der Waals surface area (Å²) in [5.41, 5.74) is -0.666. The molecule has 1 atom stereocenters. The molecule has 2 rings (SSSR count). The fraction of sp³-hybridized carbons (Fsp3) is 0.750. The van der Waals surface area contributed by atoms with Gasteiger partial charge >= 0.3 is 0 Å². The Morgan fingerprint density at radius 1 is 1.30 bits per heavy atom. The molecule has 0 radical (unpaired) electrons. The third kappa shape index (κ3) is 2.30. The number of hydrogen-bond acceptors (Lipinski definition) is 3. The first-order valence-electron chi connectivity index (χ1n) is 7.60. The summed E-state index contributed by atoms with van der Waals surface area (Å²) in [6.07, 6.45) is 5.18. The van der Waals surface area contributed by atoms with Crippen LogP contribution in [0.4, 0.5) is 0 Å². The fourth-order valence-electron chi connectivity index (χ4n) is 3.73. The van der Waals surface area contributed by atoms with Crippen LogP contribution in [0.5, 0.6) is 0 Å². The van der Waals surface area contributed by atoms with E-state index >= 15 is 0 Å². The van der Waals surface area contributed by atoms with Crippen molar-refractivity contribution >= 4 is 11.7 Å². The SMILES string of the molecule is CC(=O)C1=C(C(C)C)C(=O)N(C2CCCCC2)C1(C)O. The maximum absolute atomic E-state index is 12.7. The van der Waals surface area contributed by atoms with Crippen molar-refractivity contribution in [3.05, 3.63) is 11.1 Å². The van der Waals surface area contributed by atoms with Crippen LogP contribution >= 0.6 is 0 Å². The van der Waals surface area contributed by atoms with Gasteiger partial charge in [-0.3, -0.25) is 9.59 Å². The van der Waals surface area contributed by atoms with Gasteiger partial charge in [0.15, 0.2) is 11.5 Å². The molecule has 1 aliphatic heterocycles. The number of carbonyl (C=O) groups is 2. The van der Waals surface area contributed by atoms with E-state index < -0.39 is 5.72 Å². The summed E-state index contributed by atoms with van der Waals surface area (Å²) >= 11 is 0. The second-order valence-corrected chi connectivity index (χ2v) is 6.49. The predicted octanol–water partition coefficient (Wildman–Crippen LogP) is 2.41. The minimum Gasteiger partial charge on any atom is -0.367 e. The van der Waals surface area contributed by atoms with Gasteiger partial charge < -0.3 is 10.0 Å². The van der Waals surface area contributed by atoms with Gasteiger partial charge in [0, 0.05) is 11.6 Å². The third-order valence-electron chi connectivity index (χ3n) is 4.53. The number of aliphatic hydroxyl groups is 1. The minimum atomic E-state index is -1.45. The summed E-state index contributed by atoms with van der Waals surface area (Å²) in [6, 6.07) is 0.0526. The van der Waals surface area contributed by atoms with Crippen molar-refractivity contribution in [3.8, 4) is 0 Å². The highest BCUT2D eigenvalue weighted by Crippen LogP contribution is 2.41. The van der Waals surface area contributed by atoms with E-state index in [-0.39, 0.29) is 23.7 Å². The molecule has 0 saturated heterocycles. The molecule has 112 valence electrons. The van der Waals surface area contributed by atoms with Gasteiger partial charge in [-0.2, -0.15) is 0 Å². The van der Waals surface area contributed by atoms with Gasteiger partial charge in [0.25, 0.3) is 5.91 Å². The molecule has 0 spiro atoms. The molecule has 0 aromatic rings. The maximum Gasteiger partial charge on any atom is 0.253 e. The number of carbonyl (C=O) groups excluding carboxylic acids is 2. The number of nitrogens with zero attached hydrogens (tertiary/aromatic N) is 1. The molecular weight excluding hydrogens is 254 g/mol. The molecular formula is C16H25NO3. The van der Waals surface area contributed by atoms with Gasteiger partial charge in [-0.25, -0.2) is 0 Å². The van der Waals surface area contributed by atoms with E-state index in [1.807, 2.05) is 13.8 Å². The molecule has 1 fully saturated rings. The Kier molecular flexibility index (Phi) is 4.05. The van der Waals surface area contributed by atoms with Crippen LogP contribution in [-0.2, 0) is 9.59 Å². The smallest absolute Gasteiger partial charge is 0.253 e. The molecule has 4 heteroatoms. The van der Waals surface area contributed by atoms with Crippen molar-refractivity contribution in [2.24, 2.45) is 5.92 Å². The Bertz CT molecular complexity index is 456. The highest BCUT2D eigenvalue weighted by atomic mass is 16.3. The lowest BCUT2D eigenvalue weighted by atomic mass is 9.91. The highest BCUT2D eigenvalue weighted by molar-refractivity contribution is 6.10. The van der Waals surface area contributed by atoms with E-state index in [9.17, 15) is 14.7 Å². The Morgan fingerprint density at radius 2 is 1.85 bits per heavy atom. The topological polar surface area (TPSA) is 57.6 Å². The second-order valence-electron chi connectivity index (χ2n) is 6.49. The molecule has 1 amide bonds. The Balaban J connectivity index is 2.44. The zero-order valence-corrected chi connectivity index (χ0v) is 12.9. The van der Waals surface area contributed by atoms with Crippen LogP contribution in [0.15, 0.2) is 11.1 Å². The van der Waals surface area contributed by atoms with Crippen molar-refractivity contribution in [2.45, 2.75) is 71.6 Å². The Labute approximate surface area is 120 Å². The van der Waals surface area contributed by atoms with E-state index in [2.05, 4.69) is 0 Å². The number of rotatable bonds is 3. The van der Waals surface area contributed by atoms with Gasteiger partial charge in [-0.1, -0.05) is 33.1 Å². The number of ketones is 1.